The molecule has 0 aliphatic carbocycles. The average Bonchev–Trinajstić information content (AvgIpc) is 3.03. The number of aliphatic imine (C=N–C) groups is 1. The summed E-state index contributed by atoms with van der Waals surface area (Å²) < 4.78 is 11.2. The molecule has 138 valence electrons. The number of esters is 1. The Hall–Kier alpha value is -3.66. The van der Waals surface area contributed by atoms with E-state index in [2.05, 4.69) is 11.1 Å². The molecule has 1 heterocycles. The average molecular weight is 369 g/mol. The van der Waals surface area contributed by atoms with Gasteiger partial charge in [0, 0.05) is 5.56 Å². The van der Waals surface area contributed by atoms with Gasteiger partial charge in [0.15, 0.2) is 5.70 Å². The molecule has 0 fully saturated rings. The zero-order valence-electron chi connectivity index (χ0n) is 15.7. The van der Waals surface area contributed by atoms with Crippen LogP contribution in [0.2, 0.25) is 0 Å². The molecule has 0 N–H and O–H groups in total. The van der Waals surface area contributed by atoms with Crippen LogP contribution in [0, 0.1) is 13.8 Å². The van der Waals surface area contributed by atoms with E-state index in [1.54, 1.807) is 6.08 Å². The number of aryl methyl sites for hydroxylation is 2. The van der Waals surface area contributed by atoms with Crippen LogP contribution in [-0.2, 0) is 9.53 Å². The van der Waals surface area contributed by atoms with Crippen LogP contribution in [-0.4, -0.2) is 11.9 Å². The molecule has 0 spiro atoms. The van der Waals surface area contributed by atoms with Crippen molar-refractivity contribution in [2.75, 3.05) is 0 Å². The van der Waals surface area contributed by atoms with Gasteiger partial charge in [0.25, 0.3) is 0 Å². The maximum absolute atomic E-state index is 12.3. The highest BCUT2D eigenvalue weighted by atomic mass is 16.6. The van der Waals surface area contributed by atoms with Gasteiger partial charge < -0.3 is 9.47 Å². The SMILES string of the molecule is Cc1cc(C)cc(C2=N/C(=C/c3cccc(Oc4ccccc4)c3)C(=O)O2)c1. The first-order valence-electron chi connectivity index (χ1n) is 9.01. The largest absolute Gasteiger partial charge is 0.457 e. The van der Waals surface area contributed by atoms with Crippen molar-refractivity contribution in [1.82, 2.24) is 0 Å². The van der Waals surface area contributed by atoms with E-state index in [1.807, 2.05) is 80.6 Å². The molecule has 4 nitrogen and oxygen atoms in total. The molecule has 0 unspecified atom stereocenters. The minimum Gasteiger partial charge on any atom is -0.457 e. The zero-order valence-corrected chi connectivity index (χ0v) is 15.7. The maximum atomic E-state index is 12.3. The minimum atomic E-state index is -0.455. The molecule has 3 aromatic carbocycles. The minimum absolute atomic E-state index is 0.269. The summed E-state index contributed by atoms with van der Waals surface area (Å²) in [4.78, 5) is 16.7. The summed E-state index contributed by atoms with van der Waals surface area (Å²) in [6.07, 6.45) is 1.70. The van der Waals surface area contributed by atoms with E-state index in [-0.39, 0.29) is 5.70 Å². The number of rotatable bonds is 4. The number of nitrogens with zero attached hydrogens (tertiary/aromatic N) is 1. The normalized spacial score (nSPS) is 14.7. The van der Waals surface area contributed by atoms with Crippen LogP contribution in [0.1, 0.15) is 22.3 Å². The Morgan fingerprint density at radius 3 is 2.32 bits per heavy atom. The molecular formula is C24H19NO3. The molecule has 28 heavy (non-hydrogen) atoms. The van der Waals surface area contributed by atoms with Gasteiger partial charge >= 0.3 is 5.97 Å². The Kier molecular flexibility index (Phi) is 4.77. The van der Waals surface area contributed by atoms with Crippen molar-refractivity contribution in [3.8, 4) is 11.5 Å². The topological polar surface area (TPSA) is 47.9 Å². The number of carbonyl (C=O) groups is 1. The van der Waals surface area contributed by atoms with Crippen LogP contribution >= 0.6 is 0 Å². The number of cyclic esters (lactones) is 1. The van der Waals surface area contributed by atoms with Crippen molar-refractivity contribution in [1.29, 1.82) is 0 Å². The Morgan fingerprint density at radius 1 is 0.857 bits per heavy atom. The van der Waals surface area contributed by atoms with E-state index in [9.17, 15) is 4.79 Å². The third kappa shape index (κ3) is 4.01. The highest BCUT2D eigenvalue weighted by molar-refractivity contribution is 6.13. The summed E-state index contributed by atoms with van der Waals surface area (Å²) in [5, 5.41) is 0. The van der Waals surface area contributed by atoms with Gasteiger partial charge in [0.05, 0.1) is 0 Å². The first-order valence-corrected chi connectivity index (χ1v) is 9.01. The van der Waals surface area contributed by atoms with Crippen LogP contribution in [0.4, 0.5) is 0 Å². The number of hydrogen-bond donors (Lipinski definition) is 0. The quantitative estimate of drug-likeness (QED) is 0.454. The monoisotopic (exact) mass is 369 g/mol. The third-order valence-electron chi connectivity index (χ3n) is 4.23. The lowest BCUT2D eigenvalue weighted by molar-refractivity contribution is -0.129. The Morgan fingerprint density at radius 2 is 1.57 bits per heavy atom. The van der Waals surface area contributed by atoms with Crippen LogP contribution < -0.4 is 4.74 Å². The predicted molar refractivity (Wildman–Crippen MR) is 109 cm³/mol. The van der Waals surface area contributed by atoms with E-state index in [0.29, 0.717) is 11.6 Å². The molecule has 3 aromatic rings. The van der Waals surface area contributed by atoms with Crippen molar-refractivity contribution < 1.29 is 14.3 Å². The Bertz CT molecular complexity index is 1080. The number of benzene rings is 3. The van der Waals surface area contributed by atoms with Crippen LogP contribution in [0.15, 0.2) is 83.5 Å². The zero-order chi connectivity index (χ0) is 19.5. The fourth-order valence-corrected chi connectivity index (χ4v) is 3.08. The third-order valence-corrected chi connectivity index (χ3v) is 4.23. The number of para-hydroxylation sites is 1. The highest BCUT2D eigenvalue weighted by Gasteiger charge is 2.24. The number of hydrogen-bond acceptors (Lipinski definition) is 4. The van der Waals surface area contributed by atoms with Gasteiger partial charge in [-0.1, -0.05) is 47.5 Å². The van der Waals surface area contributed by atoms with Gasteiger partial charge in [-0.3, -0.25) is 0 Å². The fraction of sp³-hybridized carbons (Fsp3) is 0.0833. The lowest BCUT2D eigenvalue weighted by atomic mass is 10.1. The summed E-state index contributed by atoms with van der Waals surface area (Å²) in [6.45, 7) is 4.01. The molecule has 4 rings (SSSR count). The number of ether oxygens (including phenoxy) is 2. The van der Waals surface area contributed by atoms with Crippen molar-refractivity contribution >= 4 is 17.9 Å². The second-order valence-electron chi connectivity index (χ2n) is 6.70. The van der Waals surface area contributed by atoms with E-state index in [0.717, 1.165) is 28.0 Å². The molecule has 4 heteroatoms. The van der Waals surface area contributed by atoms with Crippen LogP contribution in [0.5, 0.6) is 11.5 Å². The standard InChI is InChI=1S/C24H19NO3/c1-16-11-17(2)13-19(12-16)23-25-22(24(26)28-23)15-18-7-6-10-21(14-18)27-20-8-4-3-5-9-20/h3-15H,1-2H3/b22-15+. The summed E-state index contributed by atoms with van der Waals surface area (Å²) >= 11 is 0. The molecular weight excluding hydrogens is 350 g/mol. The smallest absolute Gasteiger partial charge is 0.363 e. The van der Waals surface area contributed by atoms with Gasteiger partial charge in [-0.15, -0.1) is 0 Å². The van der Waals surface area contributed by atoms with Gasteiger partial charge in [-0.2, -0.15) is 0 Å². The molecule has 0 amide bonds. The van der Waals surface area contributed by atoms with Gasteiger partial charge in [-0.05, 0) is 61.9 Å². The fourth-order valence-electron chi connectivity index (χ4n) is 3.08. The van der Waals surface area contributed by atoms with E-state index in [1.165, 1.54) is 0 Å². The molecule has 0 bridgehead atoms. The Balaban J connectivity index is 1.60. The van der Waals surface area contributed by atoms with Crippen molar-refractivity contribution in [2.24, 2.45) is 4.99 Å². The number of carbonyl (C=O) groups excluding carboxylic acids is 1. The summed E-state index contributed by atoms with van der Waals surface area (Å²) in [6, 6.07) is 23.0. The summed E-state index contributed by atoms with van der Waals surface area (Å²) in [5.74, 6) is 1.32. The molecule has 0 radical (unpaired) electrons. The second-order valence-corrected chi connectivity index (χ2v) is 6.70. The molecule has 0 atom stereocenters. The molecule has 0 saturated carbocycles. The first-order chi connectivity index (χ1) is 13.6. The van der Waals surface area contributed by atoms with Gasteiger partial charge in [0.1, 0.15) is 11.5 Å². The van der Waals surface area contributed by atoms with Crippen molar-refractivity contribution in [3.63, 3.8) is 0 Å². The second kappa shape index (κ2) is 7.53. The van der Waals surface area contributed by atoms with E-state index in [4.69, 9.17) is 9.47 Å². The van der Waals surface area contributed by atoms with Crippen LogP contribution in [0.3, 0.4) is 0 Å². The van der Waals surface area contributed by atoms with Crippen molar-refractivity contribution in [2.45, 2.75) is 13.8 Å². The highest BCUT2D eigenvalue weighted by Crippen LogP contribution is 2.25. The lowest BCUT2D eigenvalue weighted by Crippen LogP contribution is -2.05. The summed E-state index contributed by atoms with van der Waals surface area (Å²) in [5.41, 5.74) is 4.07. The first kappa shape index (κ1) is 17.7. The molecule has 1 aliphatic heterocycles. The summed E-state index contributed by atoms with van der Waals surface area (Å²) in [7, 11) is 0. The molecule has 0 aromatic heterocycles. The van der Waals surface area contributed by atoms with Gasteiger partial charge in [0.2, 0.25) is 5.90 Å². The molecule has 0 saturated heterocycles. The van der Waals surface area contributed by atoms with Gasteiger partial charge in [-0.25, -0.2) is 9.79 Å². The Labute approximate surface area is 163 Å². The van der Waals surface area contributed by atoms with Crippen molar-refractivity contribution in [3.05, 3.63) is 101 Å². The van der Waals surface area contributed by atoms with E-state index >= 15 is 0 Å². The molecule has 1 aliphatic rings. The maximum Gasteiger partial charge on any atom is 0.363 e. The van der Waals surface area contributed by atoms with Crippen LogP contribution in [0.25, 0.3) is 6.08 Å². The van der Waals surface area contributed by atoms with E-state index < -0.39 is 5.97 Å². The predicted octanol–water partition coefficient (Wildman–Crippen LogP) is 5.44. The lowest BCUT2D eigenvalue weighted by Gasteiger charge is -2.05.